The molecule has 0 fully saturated rings. The Balaban J connectivity index is 1.89. The van der Waals surface area contributed by atoms with Crippen molar-refractivity contribution in [1.29, 1.82) is 0 Å². The normalized spacial score (nSPS) is 12.0. The van der Waals surface area contributed by atoms with Crippen LogP contribution in [0.3, 0.4) is 0 Å². The maximum absolute atomic E-state index is 9.64. The van der Waals surface area contributed by atoms with Crippen LogP contribution in [-0.2, 0) is 6.54 Å². The van der Waals surface area contributed by atoms with Gasteiger partial charge in [-0.3, -0.25) is 4.98 Å². The molecule has 0 saturated carbocycles. The summed E-state index contributed by atoms with van der Waals surface area (Å²) < 4.78 is 0. The number of benzene rings is 1. The predicted molar refractivity (Wildman–Crippen MR) is 113 cm³/mol. The summed E-state index contributed by atoms with van der Waals surface area (Å²) in [6.45, 7) is 4.60. The molecule has 0 unspecified atom stereocenters. The highest BCUT2D eigenvalue weighted by Crippen LogP contribution is 2.22. The van der Waals surface area contributed by atoms with Crippen LogP contribution in [-0.4, -0.2) is 32.7 Å². The summed E-state index contributed by atoms with van der Waals surface area (Å²) in [5.41, 5.74) is 2.42. The third-order valence-corrected chi connectivity index (χ3v) is 4.76. The molecule has 28 heavy (non-hydrogen) atoms. The summed E-state index contributed by atoms with van der Waals surface area (Å²) >= 11 is 6.25. The molecule has 6 nitrogen and oxygen atoms in total. The summed E-state index contributed by atoms with van der Waals surface area (Å²) in [7, 11) is 0. The Bertz CT molecular complexity index is 904. The topological polar surface area (TPSA) is 83.0 Å². The Morgan fingerprint density at radius 3 is 2.50 bits per heavy atom. The molecular formula is C21H24ClN5O. The average Bonchev–Trinajstić information content (AvgIpc) is 2.71. The van der Waals surface area contributed by atoms with Crippen molar-refractivity contribution in [3.8, 4) is 11.4 Å². The third-order valence-electron chi connectivity index (χ3n) is 4.39. The minimum Gasteiger partial charge on any atom is -0.394 e. The first-order valence-corrected chi connectivity index (χ1v) is 9.59. The van der Waals surface area contributed by atoms with Gasteiger partial charge >= 0.3 is 0 Å². The van der Waals surface area contributed by atoms with Crippen molar-refractivity contribution < 1.29 is 5.11 Å². The van der Waals surface area contributed by atoms with Gasteiger partial charge in [-0.2, -0.15) is 4.98 Å². The molecule has 0 bridgehead atoms. The number of aromatic nitrogens is 3. The molecule has 1 atom stereocenters. The largest absolute Gasteiger partial charge is 0.394 e. The molecule has 3 N–H and O–H groups in total. The van der Waals surface area contributed by atoms with Crippen molar-refractivity contribution in [2.75, 3.05) is 17.2 Å². The first-order valence-electron chi connectivity index (χ1n) is 9.22. The van der Waals surface area contributed by atoms with Crippen molar-refractivity contribution in [1.82, 2.24) is 15.0 Å². The fourth-order valence-corrected chi connectivity index (χ4v) is 2.87. The fourth-order valence-electron chi connectivity index (χ4n) is 2.66. The monoisotopic (exact) mass is 397 g/mol. The number of hydrogen-bond acceptors (Lipinski definition) is 6. The lowest BCUT2D eigenvalue weighted by atomic mass is 10.1. The van der Waals surface area contributed by atoms with Gasteiger partial charge < -0.3 is 15.7 Å². The first-order chi connectivity index (χ1) is 13.6. The van der Waals surface area contributed by atoms with Gasteiger partial charge in [0.2, 0.25) is 5.95 Å². The van der Waals surface area contributed by atoms with E-state index in [9.17, 15) is 5.11 Å². The van der Waals surface area contributed by atoms with E-state index in [4.69, 9.17) is 11.6 Å². The standard InChI is InChI=1S/C21H24ClN5O/c1-14(2)19(13-28)26-21-25-18(17-9-5-6-10-23-17)11-20(27-21)24-12-15-7-3-4-8-16(15)22/h3-11,14,19,28H,12-13H2,1-2H3,(H2,24,25,26,27)/t19-/m0/s1. The molecule has 0 aliphatic carbocycles. The minimum atomic E-state index is -0.143. The Hall–Kier alpha value is -2.70. The number of aliphatic hydroxyl groups is 1. The van der Waals surface area contributed by atoms with E-state index in [-0.39, 0.29) is 18.6 Å². The molecule has 3 aromatic rings. The summed E-state index contributed by atoms with van der Waals surface area (Å²) in [6, 6.07) is 15.1. The molecule has 0 amide bonds. The molecule has 7 heteroatoms. The molecule has 1 aromatic carbocycles. The van der Waals surface area contributed by atoms with Crippen molar-refractivity contribution in [3.05, 3.63) is 65.3 Å². The number of hydrogen-bond donors (Lipinski definition) is 3. The van der Waals surface area contributed by atoms with Crippen LogP contribution >= 0.6 is 11.6 Å². The Kier molecular flexibility index (Phi) is 6.79. The van der Waals surface area contributed by atoms with Gasteiger partial charge in [0.25, 0.3) is 0 Å². The van der Waals surface area contributed by atoms with E-state index in [0.717, 1.165) is 11.3 Å². The van der Waals surface area contributed by atoms with E-state index in [1.54, 1.807) is 6.20 Å². The second-order valence-electron chi connectivity index (χ2n) is 6.80. The maximum Gasteiger partial charge on any atom is 0.225 e. The number of rotatable bonds is 8. The lowest BCUT2D eigenvalue weighted by Crippen LogP contribution is -2.30. The Labute approximate surface area is 170 Å². The second kappa shape index (κ2) is 9.48. The number of pyridine rings is 1. The quantitative estimate of drug-likeness (QED) is 0.527. The first kappa shape index (κ1) is 20.0. The van der Waals surface area contributed by atoms with Gasteiger partial charge in [0.15, 0.2) is 0 Å². The van der Waals surface area contributed by atoms with E-state index < -0.39 is 0 Å². The molecule has 0 saturated heterocycles. The van der Waals surface area contributed by atoms with Gasteiger partial charge in [-0.25, -0.2) is 4.98 Å². The Morgan fingerprint density at radius 2 is 1.82 bits per heavy atom. The van der Waals surface area contributed by atoms with Gasteiger partial charge in [-0.15, -0.1) is 0 Å². The zero-order valence-electron chi connectivity index (χ0n) is 15.9. The third kappa shape index (κ3) is 5.18. The number of anilines is 2. The van der Waals surface area contributed by atoms with Gasteiger partial charge in [0.05, 0.1) is 24.0 Å². The van der Waals surface area contributed by atoms with Crippen molar-refractivity contribution >= 4 is 23.4 Å². The highest BCUT2D eigenvalue weighted by molar-refractivity contribution is 6.31. The zero-order chi connectivity index (χ0) is 19.9. The van der Waals surface area contributed by atoms with Gasteiger partial charge in [-0.1, -0.05) is 49.7 Å². The number of nitrogens with one attached hydrogen (secondary N) is 2. The van der Waals surface area contributed by atoms with Crippen LogP contribution in [0, 0.1) is 5.92 Å². The van der Waals surface area contributed by atoms with E-state index in [2.05, 4.69) is 25.6 Å². The molecule has 0 spiro atoms. The lowest BCUT2D eigenvalue weighted by Gasteiger charge is -2.20. The molecule has 0 radical (unpaired) electrons. The molecule has 146 valence electrons. The minimum absolute atomic E-state index is 0.00275. The fraction of sp³-hybridized carbons (Fsp3) is 0.286. The number of aliphatic hydroxyl groups excluding tert-OH is 1. The van der Waals surface area contributed by atoms with Crippen LogP contribution in [0.4, 0.5) is 11.8 Å². The van der Waals surface area contributed by atoms with Crippen molar-refractivity contribution in [3.63, 3.8) is 0 Å². The van der Waals surface area contributed by atoms with Crippen LogP contribution in [0.1, 0.15) is 19.4 Å². The molecule has 3 rings (SSSR count). The van der Waals surface area contributed by atoms with Crippen molar-refractivity contribution in [2.24, 2.45) is 5.92 Å². The van der Waals surface area contributed by atoms with Crippen LogP contribution < -0.4 is 10.6 Å². The lowest BCUT2D eigenvalue weighted by molar-refractivity contribution is 0.248. The second-order valence-corrected chi connectivity index (χ2v) is 7.21. The van der Waals surface area contributed by atoms with Crippen LogP contribution in [0.25, 0.3) is 11.4 Å². The maximum atomic E-state index is 9.64. The Morgan fingerprint density at radius 1 is 1.04 bits per heavy atom. The average molecular weight is 398 g/mol. The molecule has 0 aliphatic rings. The van der Waals surface area contributed by atoms with E-state index in [0.29, 0.717) is 29.0 Å². The SMILES string of the molecule is CC(C)[C@H](CO)Nc1nc(NCc2ccccc2Cl)cc(-c2ccccn2)n1. The molecular weight excluding hydrogens is 374 g/mol. The summed E-state index contributed by atoms with van der Waals surface area (Å²) in [5.74, 6) is 1.32. The number of halogens is 1. The van der Waals surface area contributed by atoms with Crippen LogP contribution in [0.2, 0.25) is 5.02 Å². The highest BCUT2D eigenvalue weighted by Gasteiger charge is 2.15. The van der Waals surface area contributed by atoms with Crippen LogP contribution in [0.5, 0.6) is 0 Å². The number of nitrogens with zero attached hydrogens (tertiary/aromatic N) is 3. The van der Waals surface area contributed by atoms with E-state index in [1.165, 1.54) is 0 Å². The van der Waals surface area contributed by atoms with E-state index in [1.807, 2.05) is 62.4 Å². The van der Waals surface area contributed by atoms with E-state index >= 15 is 0 Å². The zero-order valence-corrected chi connectivity index (χ0v) is 16.7. The molecule has 0 aliphatic heterocycles. The van der Waals surface area contributed by atoms with Gasteiger partial charge in [0.1, 0.15) is 5.82 Å². The molecule has 2 aromatic heterocycles. The predicted octanol–water partition coefficient (Wildman–Crippen LogP) is 4.23. The van der Waals surface area contributed by atoms with Gasteiger partial charge in [-0.05, 0) is 29.7 Å². The summed E-state index contributed by atoms with van der Waals surface area (Å²) in [5, 5.41) is 16.9. The smallest absolute Gasteiger partial charge is 0.225 e. The molecule has 2 heterocycles. The van der Waals surface area contributed by atoms with Gasteiger partial charge in [0, 0.05) is 23.8 Å². The van der Waals surface area contributed by atoms with Crippen LogP contribution in [0.15, 0.2) is 54.7 Å². The summed E-state index contributed by atoms with van der Waals surface area (Å²) in [4.78, 5) is 13.5. The summed E-state index contributed by atoms with van der Waals surface area (Å²) in [6.07, 6.45) is 1.73. The van der Waals surface area contributed by atoms with Crippen molar-refractivity contribution in [2.45, 2.75) is 26.4 Å². The highest BCUT2D eigenvalue weighted by atomic mass is 35.5.